The first-order valence-electron chi connectivity index (χ1n) is 8.52. The largest absolute Gasteiger partial charge is 0.550 e. The molecule has 1 saturated carbocycles. The first-order chi connectivity index (χ1) is 12.0. The molecule has 2 atom stereocenters. The Morgan fingerprint density at radius 1 is 0.840 bits per heavy atom. The van der Waals surface area contributed by atoms with Gasteiger partial charge < -0.3 is 14.6 Å². The predicted molar refractivity (Wildman–Crippen MR) is 91.6 cm³/mol. The molecule has 4 heteroatoms. The minimum atomic E-state index is -1.13. The molecule has 0 bridgehead atoms. The van der Waals surface area contributed by atoms with Gasteiger partial charge in [0.05, 0.1) is 12.0 Å². The van der Waals surface area contributed by atoms with E-state index in [9.17, 15) is 14.7 Å². The van der Waals surface area contributed by atoms with Crippen molar-refractivity contribution in [2.75, 3.05) is 0 Å². The van der Waals surface area contributed by atoms with Gasteiger partial charge in [0.1, 0.15) is 0 Å². The maximum absolute atomic E-state index is 12.7. The molecule has 0 saturated heterocycles. The van der Waals surface area contributed by atoms with Crippen LogP contribution in [0.15, 0.2) is 60.7 Å². The zero-order valence-electron chi connectivity index (χ0n) is 14.3. The van der Waals surface area contributed by atoms with Crippen LogP contribution in [0.2, 0.25) is 0 Å². The summed E-state index contributed by atoms with van der Waals surface area (Å²) in [6.45, 7) is 3.59. The average Bonchev–Trinajstić information content (AvgIpc) is 2.55. The van der Waals surface area contributed by atoms with Crippen LogP contribution in [0.25, 0.3) is 0 Å². The molecule has 1 aliphatic rings. The fraction of sp³-hybridized carbons (Fsp3) is 0.333. The lowest BCUT2D eigenvalue weighted by Crippen LogP contribution is -2.55. The molecule has 2 aromatic rings. The van der Waals surface area contributed by atoms with Crippen molar-refractivity contribution in [2.45, 2.75) is 31.8 Å². The molecule has 0 N–H and O–H groups in total. The van der Waals surface area contributed by atoms with Gasteiger partial charge in [-0.1, -0.05) is 60.7 Å². The topological polar surface area (TPSA) is 66.4 Å². The lowest BCUT2D eigenvalue weighted by Gasteiger charge is -2.51. The number of ether oxygens (including phenoxy) is 1. The van der Waals surface area contributed by atoms with Gasteiger partial charge in [-0.05, 0) is 25.0 Å². The fourth-order valence-electron chi connectivity index (χ4n) is 3.83. The number of carboxylic acid groups (broad SMARTS) is 1. The molecule has 2 unspecified atom stereocenters. The number of esters is 1. The third-order valence-corrected chi connectivity index (χ3v) is 4.81. The lowest BCUT2D eigenvalue weighted by molar-refractivity contribution is -0.317. The van der Waals surface area contributed by atoms with E-state index < -0.39 is 29.6 Å². The quantitative estimate of drug-likeness (QED) is 0.786. The number of hydrogen-bond donors (Lipinski definition) is 0. The number of benzene rings is 2. The van der Waals surface area contributed by atoms with Crippen LogP contribution >= 0.6 is 0 Å². The van der Waals surface area contributed by atoms with Crippen molar-refractivity contribution in [1.29, 1.82) is 0 Å². The number of rotatable bonds is 5. The smallest absolute Gasteiger partial charge is 0.310 e. The first kappa shape index (κ1) is 17.2. The molecule has 0 aromatic heterocycles. The Hall–Kier alpha value is -2.62. The zero-order chi connectivity index (χ0) is 18.0. The third kappa shape index (κ3) is 3.29. The fourth-order valence-corrected chi connectivity index (χ4v) is 3.83. The van der Waals surface area contributed by atoms with Crippen molar-refractivity contribution in [2.24, 2.45) is 11.8 Å². The molecule has 0 amide bonds. The first-order valence-corrected chi connectivity index (χ1v) is 8.52. The molecular formula is C21H21O4-. The van der Waals surface area contributed by atoms with Gasteiger partial charge in [-0.25, -0.2) is 0 Å². The van der Waals surface area contributed by atoms with Crippen LogP contribution in [0.1, 0.15) is 36.8 Å². The van der Waals surface area contributed by atoms with E-state index in [0.717, 1.165) is 11.1 Å². The average molecular weight is 337 g/mol. The molecule has 1 fully saturated rings. The Labute approximate surface area is 147 Å². The standard InChI is InChI=1S/C21H22O4/c1-13(2)25-21(24)19-16(14-9-5-3-6-10-14)18(20(22)23)17(19)15-11-7-4-8-12-15/h3-13,16-19H,1-2H3,(H,22,23)/p-1. The Morgan fingerprint density at radius 3 is 1.64 bits per heavy atom. The van der Waals surface area contributed by atoms with Gasteiger partial charge in [-0.3, -0.25) is 4.79 Å². The molecule has 130 valence electrons. The van der Waals surface area contributed by atoms with E-state index in [-0.39, 0.29) is 12.1 Å². The summed E-state index contributed by atoms with van der Waals surface area (Å²) < 4.78 is 5.43. The van der Waals surface area contributed by atoms with Crippen LogP contribution in [-0.2, 0) is 14.3 Å². The Morgan fingerprint density at radius 2 is 1.28 bits per heavy atom. The number of hydrogen-bond acceptors (Lipinski definition) is 4. The second-order valence-corrected chi connectivity index (χ2v) is 6.73. The van der Waals surface area contributed by atoms with Gasteiger partial charge in [0.15, 0.2) is 0 Å². The SMILES string of the molecule is CC(C)OC(=O)C1C(c2ccccc2)C(C(=O)[O-])C1c1ccccc1. The highest BCUT2D eigenvalue weighted by Gasteiger charge is 2.56. The molecule has 0 radical (unpaired) electrons. The maximum Gasteiger partial charge on any atom is 0.310 e. The van der Waals surface area contributed by atoms with Gasteiger partial charge in [-0.2, -0.15) is 0 Å². The molecule has 2 aromatic carbocycles. The van der Waals surface area contributed by atoms with E-state index in [1.54, 1.807) is 13.8 Å². The summed E-state index contributed by atoms with van der Waals surface area (Å²) >= 11 is 0. The molecular weight excluding hydrogens is 316 g/mol. The summed E-state index contributed by atoms with van der Waals surface area (Å²) in [5.74, 6) is -3.65. The summed E-state index contributed by atoms with van der Waals surface area (Å²) in [6, 6.07) is 18.6. The summed E-state index contributed by atoms with van der Waals surface area (Å²) in [4.78, 5) is 24.6. The van der Waals surface area contributed by atoms with Crippen LogP contribution in [0.5, 0.6) is 0 Å². The highest BCUT2D eigenvalue weighted by atomic mass is 16.5. The Balaban J connectivity index is 2.03. The minimum Gasteiger partial charge on any atom is -0.550 e. The number of carboxylic acids is 1. The van der Waals surface area contributed by atoms with Gasteiger partial charge >= 0.3 is 5.97 Å². The second-order valence-electron chi connectivity index (χ2n) is 6.73. The molecule has 25 heavy (non-hydrogen) atoms. The molecule has 0 aliphatic heterocycles. The van der Waals surface area contributed by atoms with Crippen LogP contribution in [0, 0.1) is 11.8 Å². The summed E-state index contributed by atoms with van der Waals surface area (Å²) in [5, 5.41) is 11.9. The molecule has 0 spiro atoms. The van der Waals surface area contributed by atoms with Crippen LogP contribution < -0.4 is 5.11 Å². The van der Waals surface area contributed by atoms with Gasteiger partial charge in [0.2, 0.25) is 0 Å². The number of aliphatic carboxylic acids is 1. The van der Waals surface area contributed by atoms with Crippen molar-refractivity contribution in [3.8, 4) is 0 Å². The van der Waals surface area contributed by atoms with Gasteiger partial charge in [0.25, 0.3) is 0 Å². The van der Waals surface area contributed by atoms with Crippen molar-refractivity contribution >= 4 is 11.9 Å². The molecule has 0 heterocycles. The number of carbonyl (C=O) groups excluding carboxylic acids is 2. The highest BCUT2D eigenvalue weighted by molar-refractivity contribution is 5.83. The molecule has 3 rings (SSSR count). The van der Waals surface area contributed by atoms with Crippen LogP contribution in [0.3, 0.4) is 0 Å². The normalized spacial score (nSPS) is 25.2. The monoisotopic (exact) mass is 337 g/mol. The van der Waals surface area contributed by atoms with Crippen molar-refractivity contribution in [1.82, 2.24) is 0 Å². The third-order valence-electron chi connectivity index (χ3n) is 4.81. The number of carbonyl (C=O) groups is 2. The Kier molecular flexibility index (Phi) is 4.88. The predicted octanol–water partition coefficient (Wildman–Crippen LogP) is 2.50. The van der Waals surface area contributed by atoms with E-state index in [2.05, 4.69) is 0 Å². The maximum atomic E-state index is 12.7. The van der Waals surface area contributed by atoms with Crippen LogP contribution in [-0.4, -0.2) is 18.0 Å². The highest BCUT2D eigenvalue weighted by Crippen LogP contribution is 2.57. The van der Waals surface area contributed by atoms with E-state index in [1.807, 2.05) is 60.7 Å². The van der Waals surface area contributed by atoms with E-state index in [1.165, 1.54) is 0 Å². The summed E-state index contributed by atoms with van der Waals surface area (Å²) in [7, 11) is 0. The molecule has 1 aliphatic carbocycles. The summed E-state index contributed by atoms with van der Waals surface area (Å²) in [6.07, 6.45) is -0.248. The van der Waals surface area contributed by atoms with Crippen molar-refractivity contribution < 1.29 is 19.4 Å². The molecule has 4 nitrogen and oxygen atoms in total. The van der Waals surface area contributed by atoms with Crippen molar-refractivity contribution in [3.63, 3.8) is 0 Å². The van der Waals surface area contributed by atoms with E-state index >= 15 is 0 Å². The van der Waals surface area contributed by atoms with E-state index in [4.69, 9.17) is 4.74 Å². The Bertz CT molecular complexity index is 692. The zero-order valence-corrected chi connectivity index (χ0v) is 14.3. The van der Waals surface area contributed by atoms with Gasteiger partial charge in [-0.15, -0.1) is 0 Å². The second kappa shape index (κ2) is 7.09. The summed E-state index contributed by atoms with van der Waals surface area (Å²) in [5.41, 5.74) is 1.66. The van der Waals surface area contributed by atoms with E-state index in [0.29, 0.717) is 0 Å². The lowest BCUT2D eigenvalue weighted by atomic mass is 9.52. The van der Waals surface area contributed by atoms with Gasteiger partial charge in [0, 0.05) is 23.7 Å². The van der Waals surface area contributed by atoms with Crippen molar-refractivity contribution in [3.05, 3.63) is 71.8 Å². The minimum absolute atomic E-state index is 0.248. The van der Waals surface area contributed by atoms with Crippen LogP contribution in [0.4, 0.5) is 0 Å².